The molecule has 1 heterocycles. The number of thioether (sulfide) groups is 1. The van der Waals surface area contributed by atoms with Gasteiger partial charge < -0.3 is 10.1 Å². The van der Waals surface area contributed by atoms with Crippen LogP contribution in [0.15, 0.2) is 53.7 Å². The Morgan fingerprint density at radius 1 is 1.21 bits per heavy atom. The van der Waals surface area contributed by atoms with Gasteiger partial charge in [-0.1, -0.05) is 23.9 Å². The molecule has 1 aliphatic rings. The number of nitrogens with one attached hydrogen (secondary N) is 1. The van der Waals surface area contributed by atoms with Crippen molar-refractivity contribution in [1.82, 2.24) is 14.8 Å². The van der Waals surface area contributed by atoms with Gasteiger partial charge in [0.25, 0.3) is 0 Å². The highest BCUT2D eigenvalue weighted by atomic mass is 32.2. The molecule has 3 aromatic rings. The fourth-order valence-electron chi connectivity index (χ4n) is 2.99. The van der Waals surface area contributed by atoms with Crippen LogP contribution >= 0.6 is 11.8 Å². The van der Waals surface area contributed by atoms with Gasteiger partial charge in [-0.3, -0.25) is 9.36 Å². The lowest BCUT2D eigenvalue weighted by atomic mass is 10.2. The van der Waals surface area contributed by atoms with E-state index in [9.17, 15) is 9.18 Å². The number of aromatic nitrogens is 3. The minimum absolute atomic E-state index is 0.142. The van der Waals surface area contributed by atoms with Crippen molar-refractivity contribution in [3.05, 3.63) is 54.3 Å². The average Bonchev–Trinajstić information content (AvgIpc) is 3.48. The number of benzene rings is 2. The first kappa shape index (κ1) is 19.4. The number of halogens is 1. The summed E-state index contributed by atoms with van der Waals surface area (Å²) in [6.07, 6.45) is 2.01. The molecule has 1 N–H and O–H groups in total. The van der Waals surface area contributed by atoms with Gasteiger partial charge in [-0.15, -0.1) is 10.2 Å². The fourth-order valence-corrected chi connectivity index (χ4v) is 3.80. The highest BCUT2D eigenvalue weighted by Crippen LogP contribution is 2.41. The Hall–Kier alpha value is -2.87. The van der Waals surface area contributed by atoms with Crippen LogP contribution in [0.4, 0.5) is 10.1 Å². The first-order chi connectivity index (χ1) is 14.2. The van der Waals surface area contributed by atoms with Crippen LogP contribution in [0.25, 0.3) is 11.4 Å². The number of ether oxygens (including phenoxy) is 1. The summed E-state index contributed by atoms with van der Waals surface area (Å²) >= 11 is 1.31. The fraction of sp³-hybridized carbons (Fsp3) is 0.286. The van der Waals surface area contributed by atoms with Crippen molar-refractivity contribution >= 4 is 23.4 Å². The topological polar surface area (TPSA) is 69.0 Å². The van der Waals surface area contributed by atoms with Crippen LogP contribution in [0.5, 0.6) is 5.75 Å². The van der Waals surface area contributed by atoms with E-state index >= 15 is 0 Å². The van der Waals surface area contributed by atoms with Crippen LogP contribution in [0.2, 0.25) is 0 Å². The van der Waals surface area contributed by atoms with Gasteiger partial charge in [-0.2, -0.15) is 0 Å². The van der Waals surface area contributed by atoms with Crippen molar-refractivity contribution in [2.24, 2.45) is 0 Å². The Morgan fingerprint density at radius 2 is 1.97 bits per heavy atom. The van der Waals surface area contributed by atoms with Crippen molar-refractivity contribution in [3.8, 4) is 17.1 Å². The van der Waals surface area contributed by atoms with Crippen molar-refractivity contribution in [2.45, 2.75) is 31.0 Å². The molecule has 0 saturated heterocycles. The Balaban J connectivity index is 1.43. The number of nitrogens with zero attached hydrogens (tertiary/aromatic N) is 3. The van der Waals surface area contributed by atoms with E-state index in [2.05, 4.69) is 15.5 Å². The molecule has 1 aliphatic carbocycles. The number of carbonyl (C=O) groups is 1. The van der Waals surface area contributed by atoms with Crippen LogP contribution in [0.3, 0.4) is 0 Å². The number of rotatable bonds is 8. The lowest BCUT2D eigenvalue weighted by molar-refractivity contribution is -0.113. The Labute approximate surface area is 172 Å². The molecule has 0 radical (unpaired) electrons. The second kappa shape index (κ2) is 8.65. The molecular weight excluding hydrogens is 391 g/mol. The number of hydrogen-bond donors (Lipinski definition) is 1. The second-order valence-corrected chi connectivity index (χ2v) is 7.62. The maximum Gasteiger partial charge on any atom is 0.234 e. The molecule has 0 unspecified atom stereocenters. The van der Waals surface area contributed by atoms with E-state index in [-0.39, 0.29) is 23.5 Å². The van der Waals surface area contributed by atoms with E-state index in [1.54, 1.807) is 30.3 Å². The SMILES string of the molecule is CCOc1ccc(NC(=O)CSc2nnc(-c3ccccc3F)n2C2CC2)cc1. The van der Waals surface area contributed by atoms with E-state index in [4.69, 9.17) is 4.74 Å². The summed E-state index contributed by atoms with van der Waals surface area (Å²) in [4.78, 5) is 12.3. The summed E-state index contributed by atoms with van der Waals surface area (Å²) in [5.74, 6) is 0.997. The molecule has 0 atom stereocenters. The van der Waals surface area contributed by atoms with Crippen molar-refractivity contribution in [3.63, 3.8) is 0 Å². The molecule has 2 aromatic carbocycles. The first-order valence-corrected chi connectivity index (χ1v) is 10.5. The molecule has 29 heavy (non-hydrogen) atoms. The van der Waals surface area contributed by atoms with E-state index < -0.39 is 0 Å². The molecule has 0 spiro atoms. The maximum atomic E-state index is 14.2. The predicted octanol–water partition coefficient (Wildman–Crippen LogP) is 4.55. The van der Waals surface area contributed by atoms with Gasteiger partial charge in [0.05, 0.1) is 17.9 Å². The maximum absolute atomic E-state index is 14.2. The monoisotopic (exact) mass is 412 g/mol. The van der Waals surface area contributed by atoms with Crippen molar-refractivity contribution in [1.29, 1.82) is 0 Å². The third-order valence-corrected chi connectivity index (χ3v) is 5.42. The van der Waals surface area contributed by atoms with Crippen LogP contribution in [-0.2, 0) is 4.79 Å². The third kappa shape index (κ3) is 4.59. The van der Waals surface area contributed by atoms with Crippen molar-refractivity contribution in [2.75, 3.05) is 17.7 Å². The average molecular weight is 412 g/mol. The highest BCUT2D eigenvalue weighted by Gasteiger charge is 2.31. The number of amides is 1. The normalized spacial score (nSPS) is 13.3. The summed E-state index contributed by atoms with van der Waals surface area (Å²) in [6.45, 7) is 2.52. The Kier molecular flexibility index (Phi) is 5.80. The van der Waals surface area contributed by atoms with E-state index in [0.717, 1.165) is 18.6 Å². The van der Waals surface area contributed by atoms with Gasteiger partial charge in [-0.25, -0.2) is 4.39 Å². The van der Waals surface area contributed by atoms with Crippen LogP contribution in [0, 0.1) is 5.82 Å². The van der Waals surface area contributed by atoms with Crippen LogP contribution in [-0.4, -0.2) is 33.0 Å². The number of carbonyl (C=O) groups excluding carboxylic acids is 1. The molecule has 8 heteroatoms. The lowest BCUT2D eigenvalue weighted by Crippen LogP contribution is -2.14. The highest BCUT2D eigenvalue weighted by molar-refractivity contribution is 7.99. The number of hydrogen-bond acceptors (Lipinski definition) is 5. The zero-order valence-electron chi connectivity index (χ0n) is 16.0. The van der Waals surface area contributed by atoms with Crippen LogP contribution in [0.1, 0.15) is 25.8 Å². The zero-order valence-corrected chi connectivity index (χ0v) is 16.8. The molecule has 1 fully saturated rings. The Morgan fingerprint density at radius 3 is 2.66 bits per heavy atom. The second-order valence-electron chi connectivity index (χ2n) is 6.68. The zero-order chi connectivity index (χ0) is 20.2. The molecule has 0 bridgehead atoms. The third-order valence-electron chi connectivity index (χ3n) is 4.47. The minimum atomic E-state index is -0.327. The first-order valence-electron chi connectivity index (χ1n) is 9.51. The smallest absolute Gasteiger partial charge is 0.234 e. The minimum Gasteiger partial charge on any atom is -0.494 e. The van der Waals surface area contributed by atoms with Crippen LogP contribution < -0.4 is 10.1 Å². The Bertz CT molecular complexity index is 1000. The molecule has 150 valence electrons. The van der Waals surface area contributed by atoms with Crippen molar-refractivity contribution < 1.29 is 13.9 Å². The van der Waals surface area contributed by atoms with Gasteiger partial charge in [0.15, 0.2) is 11.0 Å². The molecule has 6 nitrogen and oxygen atoms in total. The van der Waals surface area contributed by atoms with E-state index in [0.29, 0.717) is 28.8 Å². The van der Waals surface area contributed by atoms with Gasteiger partial charge in [-0.05, 0) is 56.2 Å². The largest absolute Gasteiger partial charge is 0.494 e. The van der Waals surface area contributed by atoms with E-state index in [1.807, 2.05) is 23.6 Å². The lowest BCUT2D eigenvalue weighted by Gasteiger charge is -2.10. The summed E-state index contributed by atoms with van der Waals surface area (Å²) in [5, 5.41) is 11.9. The van der Waals surface area contributed by atoms with Gasteiger partial charge in [0, 0.05) is 11.7 Å². The predicted molar refractivity (Wildman–Crippen MR) is 111 cm³/mol. The van der Waals surface area contributed by atoms with Gasteiger partial charge in [0.1, 0.15) is 11.6 Å². The molecular formula is C21H21FN4O2S. The molecule has 1 saturated carbocycles. The summed E-state index contributed by atoms with van der Waals surface area (Å²) in [7, 11) is 0. The summed E-state index contributed by atoms with van der Waals surface area (Å²) in [5.41, 5.74) is 1.13. The molecule has 0 aliphatic heterocycles. The van der Waals surface area contributed by atoms with Gasteiger partial charge >= 0.3 is 0 Å². The molecule has 1 aromatic heterocycles. The molecule has 1 amide bonds. The van der Waals surface area contributed by atoms with E-state index in [1.165, 1.54) is 17.8 Å². The quantitative estimate of drug-likeness (QED) is 0.550. The summed E-state index contributed by atoms with van der Waals surface area (Å²) in [6, 6.07) is 14.0. The molecule has 4 rings (SSSR count). The standard InChI is InChI=1S/C21H21FN4O2S/c1-2-28-16-11-7-14(8-12-16)23-19(27)13-29-21-25-24-20(26(21)15-9-10-15)17-5-3-4-6-18(17)22/h3-8,11-12,15H,2,9-10,13H2,1H3,(H,23,27). The number of anilines is 1. The summed E-state index contributed by atoms with van der Waals surface area (Å²) < 4.78 is 21.6. The van der Waals surface area contributed by atoms with Gasteiger partial charge in [0.2, 0.25) is 5.91 Å².